The van der Waals surface area contributed by atoms with Crippen molar-refractivity contribution in [2.24, 2.45) is 0 Å². The summed E-state index contributed by atoms with van der Waals surface area (Å²) in [4.78, 5) is 10.1. The predicted octanol–water partition coefficient (Wildman–Crippen LogP) is 0.454. The molecule has 0 aliphatic heterocycles. The Morgan fingerprint density at radius 1 is 2.00 bits per heavy atom. The van der Waals surface area contributed by atoms with Gasteiger partial charge in [-0.15, -0.1) is 0 Å². The molecule has 0 saturated carbocycles. The summed E-state index contributed by atoms with van der Waals surface area (Å²) in [6, 6.07) is 0. The Morgan fingerprint density at radius 2 is 2.50 bits per heavy atom. The molecule has 0 rings (SSSR count). The molecule has 3 nitrogen and oxygen atoms in total. The van der Waals surface area contributed by atoms with Gasteiger partial charge in [0.25, 0.3) is 0 Å². The SMILES string of the molecule is C[C@@H](O)CC(=O)OCl. The summed E-state index contributed by atoms with van der Waals surface area (Å²) < 4.78 is 3.73. The molecule has 1 atom stereocenters. The minimum absolute atomic E-state index is 0.0521. The van der Waals surface area contributed by atoms with Crippen molar-refractivity contribution in [3.05, 3.63) is 0 Å². The lowest BCUT2D eigenvalue weighted by atomic mass is 10.3. The monoisotopic (exact) mass is 138 g/mol. The Bertz CT molecular complexity index is 81.4. The smallest absolute Gasteiger partial charge is 0.327 e. The van der Waals surface area contributed by atoms with Crippen LogP contribution in [0, 0.1) is 0 Å². The molecule has 4 heteroatoms. The van der Waals surface area contributed by atoms with E-state index in [4.69, 9.17) is 5.11 Å². The van der Waals surface area contributed by atoms with Gasteiger partial charge in [-0.1, -0.05) is 0 Å². The van der Waals surface area contributed by atoms with Gasteiger partial charge in [0, 0.05) is 0 Å². The summed E-state index contributed by atoms with van der Waals surface area (Å²) in [6.07, 6.45) is -0.731. The van der Waals surface area contributed by atoms with E-state index in [9.17, 15) is 4.79 Å². The molecule has 0 spiro atoms. The minimum atomic E-state index is -0.679. The second kappa shape index (κ2) is 3.69. The number of hydrogen-bond donors (Lipinski definition) is 1. The zero-order valence-corrected chi connectivity index (χ0v) is 5.18. The van der Waals surface area contributed by atoms with Crippen LogP contribution in [0.2, 0.25) is 0 Å². The van der Waals surface area contributed by atoms with Gasteiger partial charge in [-0.25, -0.2) is 0 Å². The highest BCUT2D eigenvalue weighted by atomic mass is 35.5. The van der Waals surface area contributed by atoms with E-state index < -0.39 is 12.1 Å². The molecule has 0 fully saturated rings. The Balaban J connectivity index is 3.25. The van der Waals surface area contributed by atoms with Crippen LogP contribution in [0.5, 0.6) is 0 Å². The van der Waals surface area contributed by atoms with E-state index in [-0.39, 0.29) is 6.42 Å². The number of aliphatic hydroxyl groups is 1. The van der Waals surface area contributed by atoms with Gasteiger partial charge in [0.15, 0.2) is 0 Å². The van der Waals surface area contributed by atoms with Crippen molar-refractivity contribution in [2.75, 3.05) is 0 Å². The van der Waals surface area contributed by atoms with Crippen LogP contribution in [0.25, 0.3) is 0 Å². The Kier molecular flexibility index (Phi) is 3.56. The van der Waals surface area contributed by atoms with Crippen molar-refractivity contribution < 1.29 is 14.2 Å². The molecule has 0 aromatic carbocycles. The van der Waals surface area contributed by atoms with Gasteiger partial charge >= 0.3 is 5.97 Å². The number of carbonyl (C=O) groups excluding carboxylic acids is 1. The largest absolute Gasteiger partial charge is 0.393 e. The lowest BCUT2D eigenvalue weighted by Gasteiger charge is -1.96. The molecule has 0 bridgehead atoms. The van der Waals surface area contributed by atoms with E-state index in [1.165, 1.54) is 6.92 Å². The van der Waals surface area contributed by atoms with Crippen LogP contribution in [0.4, 0.5) is 0 Å². The molecule has 8 heavy (non-hydrogen) atoms. The van der Waals surface area contributed by atoms with Crippen LogP contribution in [-0.2, 0) is 9.08 Å². The number of hydrogen-bond acceptors (Lipinski definition) is 3. The molecule has 0 radical (unpaired) electrons. The zero-order valence-electron chi connectivity index (χ0n) is 4.43. The average molecular weight is 139 g/mol. The molecule has 0 heterocycles. The van der Waals surface area contributed by atoms with Gasteiger partial charge in [0.2, 0.25) is 0 Å². The lowest BCUT2D eigenvalue weighted by molar-refractivity contribution is -0.135. The van der Waals surface area contributed by atoms with Crippen molar-refractivity contribution in [2.45, 2.75) is 19.4 Å². The average Bonchev–Trinajstić information content (AvgIpc) is 1.65. The van der Waals surface area contributed by atoms with E-state index in [2.05, 4.69) is 16.2 Å². The standard InChI is InChI=1S/C4H7ClO3/c1-3(6)2-4(7)8-5/h3,6H,2H2,1H3/t3-/m1/s1. The topological polar surface area (TPSA) is 46.5 Å². The highest BCUT2D eigenvalue weighted by Crippen LogP contribution is 1.93. The first-order chi connectivity index (χ1) is 3.66. The fourth-order valence-electron chi connectivity index (χ4n) is 0.273. The van der Waals surface area contributed by atoms with E-state index in [0.29, 0.717) is 0 Å². The summed E-state index contributed by atoms with van der Waals surface area (Å²) in [5.74, 6) is -0.610. The molecular weight excluding hydrogens is 131 g/mol. The quantitative estimate of drug-likeness (QED) is 0.603. The number of carbonyl (C=O) groups is 1. The summed E-state index contributed by atoms with van der Waals surface area (Å²) in [7, 11) is 0. The van der Waals surface area contributed by atoms with Gasteiger partial charge in [0.1, 0.15) is 11.9 Å². The van der Waals surface area contributed by atoms with Crippen LogP contribution < -0.4 is 0 Å². The van der Waals surface area contributed by atoms with Crippen molar-refractivity contribution in [1.82, 2.24) is 0 Å². The van der Waals surface area contributed by atoms with Gasteiger partial charge in [-0.3, -0.25) is 4.79 Å². The fraction of sp³-hybridized carbons (Fsp3) is 0.750. The Morgan fingerprint density at radius 3 is 2.62 bits per heavy atom. The van der Waals surface area contributed by atoms with Crippen LogP contribution in [-0.4, -0.2) is 17.2 Å². The molecule has 0 saturated heterocycles. The molecule has 0 unspecified atom stereocenters. The number of aliphatic hydroxyl groups excluding tert-OH is 1. The summed E-state index contributed by atoms with van der Waals surface area (Å²) in [5, 5.41) is 8.49. The molecule has 1 N–H and O–H groups in total. The summed E-state index contributed by atoms with van der Waals surface area (Å²) in [5.41, 5.74) is 0. The van der Waals surface area contributed by atoms with Crippen molar-refractivity contribution in [3.8, 4) is 0 Å². The second-order valence-corrected chi connectivity index (χ2v) is 1.66. The maximum atomic E-state index is 10.1. The molecule has 0 aliphatic carbocycles. The van der Waals surface area contributed by atoms with E-state index in [1.54, 1.807) is 0 Å². The third-order valence-corrected chi connectivity index (χ3v) is 0.720. The maximum absolute atomic E-state index is 10.1. The third-order valence-electron chi connectivity index (χ3n) is 0.548. The van der Waals surface area contributed by atoms with Gasteiger partial charge < -0.3 is 9.40 Å². The van der Waals surface area contributed by atoms with Crippen molar-refractivity contribution >= 4 is 17.8 Å². The van der Waals surface area contributed by atoms with Crippen molar-refractivity contribution in [1.29, 1.82) is 0 Å². The number of halogens is 1. The van der Waals surface area contributed by atoms with Crippen molar-refractivity contribution in [3.63, 3.8) is 0 Å². The first-order valence-corrected chi connectivity index (χ1v) is 2.47. The highest BCUT2D eigenvalue weighted by Gasteiger charge is 2.04. The first kappa shape index (κ1) is 7.72. The maximum Gasteiger partial charge on any atom is 0.327 e. The summed E-state index contributed by atoms with van der Waals surface area (Å²) in [6.45, 7) is 1.48. The normalized spacial score (nSPS) is 12.9. The Labute approximate surface area is 52.4 Å². The molecule has 0 aliphatic rings. The van der Waals surface area contributed by atoms with Crippen LogP contribution in [0.15, 0.2) is 0 Å². The lowest BCUT2D eigenvalue weighted by Crippen LogP contribution is -2.08. The molecule has 48 valence electrons. The van der Waals surface area contributed by atoms with E-state index in [1.807, 2.05) is 0 Å². The number of rotatable bonds is 2. The minimum Gasteiger partial charge on any atom is -0.393 e. The zero-order chi connectivity index (χ0) is 6.57. The molecule has 0 aromatic heterocycles. The van der Waals surface area contributed by atoms with E-state index in [0.717, 1.165) is 0 Å². The molecular formula is C4H7ClO3. The highest BCUT2D eigenvalue weighted by molar-refractivity contribution is 6.13. The van der Waals surface area contributed by atoms with Crippen LogP contribution in [0.1, 0.15) is 13.3 Å². The van der Waals surface area contributed by atoms with Crippen LogP contribution >= 0.6 is 11.9 Å². The van der Waals surface area contributed by atoms with Crippen LogP contribution in [0.3, 0.4) is 0 Å². The summed E-state index contributed by atoms with van der Waals surface area (Å²) >= 11 is 4.64. The van der Waals surface area contributed by atoms with Gasteiger partial charge in [0.05, 0.1) is 12.5 Å². The van der Waals surface area contributed by atoms with E-state index >= 15 is 0 Å². The fourth-order valence-corrected chi connectivity index (χ4v) is 0.336. The Hall–Kier alpha value is -0.280. The third kappa shape index (κ3) is 3.89. The predicted molar refractivity (Wildman–Crippen MR) is 28.2 cm³/mol. The first-order valence-electron chi connectivity index (χ1n) is 2.16. The molecule has 0 amide bonds. The second-order valence-electron chi connectivity index (χ2n) is 1.50. The van der Waals surface area contributed by atoms with Gasteiger partial charge in [-0.05, 0) is 6.92 Å². The van der Waals surface area contributed by atoms with Gasteiger partial charge in [-0.2, -0.15) is 0 Å². The molecule has 0 aromatic rings.